The van der Waals surface area contributed by atoms with Crippen molar-refractivity contribution in [1.82, 2.24) is 4.98 Å². The van der Waals surface area contributed by atoms with Gasteiger partial charge in [0.15, 0.2) is 0 Å². The summed E-state index contributed by atoms with van der Waals surface area (Å²) in [5.74, 6) is -1.44. The van der Waals surface area contributed by atoms with Crippen molar-refractivity contribution >= 4 is 26.0 Å². The number of nitrogens with zero attached hydrogens (tertiary/aromatic N) is 1. The molecule has 1 rings (SSSR count). The summed E-state index contributed by atoms with van der Waals surface area (Å²) in [5, 5.41) is 4.71. The molecule has 9 heteroatoms. The fourth-order valence-corrected chi connectivity index (χ4v) is 2.52. The fourth-order valence-electron chi connectivity index (χ4n) is 0.849. The molecule has 0 bridgehead atoms. The number of halogens is 4. The molecule has 1 heterocycles. The number of pyridine rings is 1. The summed E-state index contributed by atoms with van der Waals surface area (Å²) in [6, 6.07) is 0. The smallest absolute Gasteiger partial charge is 0.226 e. The van der Waals surface area contributed by atoms with Crippen LogP contribution in [0.15, 0.2) is 15.6 Å². The van der Waals surface area contributed by atoms with Crippen molar-refractivity contribution in [3.63, 3.8) is 0 Å². The minimum Gasteiger partial charge on any atom is -0.226 e. The number of aromatic nitrogens is 1. The van der Waals surface area contributed by atoms with E-state index in [0.29, 0.717) is 6.20 Å². The molecular weight excluding hydrogens is 301 g/mol. The largest absolute Gasteiger partial charge is 0.269 e. The number of hydrogen-bond donors (Lipinski definition) is 1. The van der Waals surface area contributed by atoms with E-state index in [0.717, 1.165) is 0 Å². The third kappa shape index (κ3) is 2.47. The first-order chi connectivity index (χ1) is 6.75. The van der Waals surface area contributed by atoms with E-state index in [1.54, 1.807) is 0 Å². The Balaban J connectivity index is 3.56. The maximum atomic E-state index is 12.8. The van der Waals surface area contributed by atoms with Crippen LogP contribution in [-0.2, 0) is 10.0 Å². The first kappa shape index (κ1) is 12.4. The molecule has 0 saturated carbocycles. The Morgan fingerprint density at radius 3 is 2.40 bits per heavy atom. The van der Waals surface area contributed by atoms with Gasteiger partial charge in [0.2, 0.25) is 16.0 Å². The summed E-state index contributed by atoms with van der Waals surface area (Å²) in [6.45, 7) is 0. The van der Waals surface area contributed by atoms with Crippen molar-refractivity contribution in [2.75, 3.05) is 0 Å². The summed E-state index contributed by atoms with van der Waals surface area (Å²) in [4.78, 5) is 2.21. The highest BCUT2D eigenvalue weighted by Crippen LogP contribution is 2.32. The van der Waals surface area contributed by atoms with Crippen LogP contribution in [0.5, 0.6) is 0 Å². The number of hydrogen-bond acceptors (Lipinski definition) is 3. The van der Waals surface area contributed by atoms with E-state index in [4.69, 9.17) is 5.14 Å². The summed E-state index contributed by atoms with van der Waals surface area (Å²) in [5.41, 5.74) is -1.12. The molecule has 0 atom stereocenters. The lowest BCUT2D eigenvalue weighted by Gasteiger charge is -2.07. The molecule has 0 spiro atoms. The fraction of sp³-hybridized carbons (Fsp3) is 0.167. The average molecular weight is 305 g/mol. The van der Waals surface area contributed by atoms with E-state index in [2.05, 4.69) is 20.9 Å². The normalized spacial score (nSPS) is 12.1. The van der Waals surface area contributed by atoms with Gasteiger partial charge in [0.1, 0.15) is 4.90 Å². The second-order valence-electron chi connectivity index (χ2n) is 2.49. The van der Waals surface area contributed by atoms with Crippen LogP contribution in [0, 0.1) is 5.95 Å². The van der Waals surface area contributed by atoms with Crippen molar-refractivity contribution in [2.45, 2.75) is 11.3 Å². The maximum absolute atomic E-state index is 12.8. The third-order valence-corrected chi connectivity index (χ3v) is 3.53. The SMILES string of the molecule is NS(=O)(=O)c1cnc(F)c(C(F)F)c1Br. The van der Waals surface area contributed by atoms with Crippen molar-refractivity contribution < 1.29 is 21.6 Å². The Kier molecular flexibility index (Phi) is 3.36. The number of sulfonamides is 1. The Labute approximate surface area is 91.5 Å². The quantitative estimate of drug-likeness (QED) is 0.843. The third-order valence-electron chi connectivity index (χ3n) is 1.49. The van der Waals surface area contributed by atoms with E-state index < -0.39 is 37.3 Å². The zero-order chi connectivity index (χ0) is 11.8. The van der Waals surface area contributed by atoms with Gasteiger partial charge in [0.05, 0.1) is 16.2 Å². The molecule has 0 amide bonds. The standard InChI is InChI=1S/C6H4BrF3N2O2S/c7-4-2(15(11,13)14)1-12-6(10)3(4)5(8)9/h1,5H,(H2,11,13,14). The molecule has 0 aliphatic rings. The molecule has 0 aliphatic carbocycles. The predicted molar refractivity (Wildman–Crippen MR) is 48.2 cm³/mol. The molecule has 0 aliphatic heterocycles. The minimum absolute atomic E-state index is 0.570. The molecule has 1 aromatic heterocycles. The zero-order valence-corrected chi connectivity index (χ0v) is 9.32. The second-order valence-corrected chi connectivity index (χ2v) is 4.81. The summed E-state index contributed by atoms with van der Waals surface area (Å²) in [7, 11) is -4.22. The van der Waals surface area contributed by atoms with Gasteiger partial charge in [-0.2, -0.15) is 4.39 Å². The van der Waals surface area contributed by atoms with Crippen LogP contribution >= 0.6 is 15.9 Å². The summed E-state index contributed by atoms with van der Waals surface area (Å²) in [6.07, 6.45) is -2.62. The number of rotatable bonds is 2. The number of primary sulfonamides is 1. The van der Waals surface area contributed by atoms with Crippen molar-refractivity contribution in [3.05, 3.63) is 22.2 Å². The average Bonchev–Trinajstić information content (AvgIpc) is 2.00. The molecule has 0 aromatic carbocycles. The molecule has 0 fully saturated rings. The lowest BCUT2D eigenvalue weighted by atomic mass is 10.3. The van der Waals surface area contributed by atoms with Crippen molar-refractivity contribution in [1.29, 1.82) is 0 Å². The molecule has 4 nitrogen and oxygen atoms in total. The van der Waals surface area contributed by atoms with Crippen LogP contribution in [0.25, 0.3) is 0 Å². The van der Waals surface area contributed by atoms with Gasteiger partial charge in [-0.1, -0.05) is 0 Å². The molecule has 0 unspecified atom stereocenters. The molecule has 0 radical (unpaired) electrons. The van der Waals surface area contributed by atoms with Crippen LogP contribution in [0.1, 0.15) is 12.0 Å². The van der Waals surface area contributed by atoms with E-state index >= 15 is 0 Å². The minimum atomic E-state index is -4.22. The van der Waals surface area contributed by atoms with Gasteiger partial charge in [-0.25, -0.2) is 27.3 Å². The van der Waals surface area contributed by atoms with Crippen molar-refractivity contribution in [3.8, 4) is 0 Å². The summed E-state index contributed by atoms with van der Waals surface area (Å²) < 4.78 is 58.6. The predicted octanol–water partition coefficient (Wildman–Crippen LogP) is 1.57. The molecule has 84 valence electrons. The van der Waals surface area contributed by atoms with Crippen LogP contribution in [0.4, 0.5) is 13.2 Å². The first-order valence-electron chi connectivity index (χ1n) is 3.40. The topological polar surface area (TPSA) is 73.1 Å². The van der Waals surface area contributed by atoms with E-state index in [-0.39, 0.29) is 0 Å². The molecule has 1 aromatic rings. The van der Waals surface area contributed by atoms with Crippen LogP contribution in [0.3, 0.4) is 0 Å². The Hall–Kier alpha value is -0.670. The molecule has 15 heavy (non-hydrogen) atoms. The van der Waals surface area contributed by atoms with Gasteiger partial charge in [-0.3, -0.25) is 0 Å². The van der Waals surface area contributed by atoms with Gasteiger partial charge < -0.3 is 0 Å². The van der Waals surface area contributed by atoms with Gasteiger partial charge >= 0.3 is 0 Å². The second kappa shape index (κ2) is 4.06. The summed E-state index contributed by atoms with van der Waals surface area (Å²) >= 11 is 2.55. The van der Waals surface area contributed by atoms with Gasteiger partial charge in [-0.15, -0.1) is 0 Å². The highest BCUT2D eigenvalue weighted by molar-refractivity contribution is 9.10. The zero-order valence-electron chi connectivity index (χ0n) is 6.92. The number of nitrogens with two attached hydrogens (primary N) is 1. The van der Waals surface area contributed by atoms with Crippen LogP contribution < -0.4 is 5.14 Å². The van der Waals surface area contributed by atoms with E-state index in [1.807, 2.05) is 0 Å². The van der Waals surface area contributed by atoms with Gasteiger partial charge in [0, 0.05) is 0 Å². The monoisotopic (exact) mass is 304 g/mol. The van der Waals surface area contributed by atoms with Crippen LogP contribution in [-0.4, -0.2) is 13.4 Å². The molecule has 2 N–H and O–H groups in total. The molecule has 0 saturated heterocycles. The Morgan fingerprint density at radius 1 is 1.47 bits per heavy atom. The highest BCUT2D eigenvalue weighted by Gasteiger charge is 2.25. The Bertz CT molecular complexity index is 491. The lowest BCUT2D eigenvalue weighted by Crippen LogP contribution is -2.15. The first-order valence-corrected chi connectivity index (χ1v) is 5.74. The highest BCUT2D eigenvalue weighted by atomic mass is 79.9. The van der Waals surface area contributed by atoms with Gasteiger partial charge in [0.25, 0.3) is 6.43 Å². The van der Waals surface area contributed by atoms with Crippen molar-refractivity contribution in [2.24, 2.45) is 5.14 Å². The lowest BCUT2D eigenvalue weighted by molar-refractivity contribution is 0.143. The molecular formula is C6H4BrF3N2O2S. The van der Waals surface area contributed by atoms with E-state index in [9.17, 15) is 21.6 Å². The van der Waals surface area contributed by atoms with Gasteiger partial charge in [-0.05, 0) is 15.9 Å². The maximum Gasteiger partial charge on any atom is 0.269 e. The Morgan fingerprint density at radius 2 is 2.00 bits per heavy atom. The van der Waals surface area contributed by atoms with E-state index in [1.165, 1.54) is 0 Å². The van der Waals surface area contributed by atoms with Crippen LogP contribution in [0.2, 0.25) is 0 Å². The number of alkyl halides is 2.